The van der Waals surface area contributed by atoms with Gasteiger partial charge in [-0.3, -0.25) is 14.6 Å². The number of pyridine rings is 1. The zero-order chi connectivity index (χ0) is 14.4. The average Bonchev–Trinajstić information content (AvgIpc) is 2.84. The van der Waals surface area contributed by atoms with Crippen LogP contribution in [0.3, 0.4) is 0 Å². The number of ketones is 1. The van der Waals surface area contributed by atoms with Crippen LogP contribution in [-0.2, 0) is 11.8 Å². The number of nitrogens with zero attached hydrogens (tertiary/aromatic N) is 2. The molecule has 100 valence electrons. The molecular formula is C16H14N2O2. The summed E-state index contributed by atoms with van der Waals surface area (Å²) in [6, 6.07) is 7.22. The van der Waals surface area contributed by atoms with Crippen LogP contribution < -0.4 is 0 Å². The van der Waals surface area contributed by atoms with Crippen LogP contribution in [0.1, 0.15) is 21.7 Å². The number of rotatable bonds is 5. The van der Waals surface area contributed by atoms with E-state index in [0.29, 0.717) is 5.56 Å². The molecule has 2 heterocycles. The molecule has 0 bridgehead atoms. The minimum absolute atomic E-state index is 0.0933. The number of allylic oxidation sites excluding steroid dienone is 2. The highest BCUT2D eigenvalue weighted by atomic mass is 16.1. The largest absolute Gasteiger partial charge is 0.345 e. The lowest BCUT2D eigenvalue weighted by Gasteiger charge is -2.00. The Morgan fingerprint density at radius 1 is 1.20 bits per heavy atom. The topological polar surface area (TPSA) is 52.0 Å². The molecule has 0 spiro atoms. The monoisotopic (exact) mass is 266 g/mol. The van der Waals surface area contributed by atoms with Crippen LogP contribution in [-0.4, -0.2) is 21.6 Å². The van der Waals surface area contributed by atoms with Crippen LogP contribution in [0.15, 0.2) is 48.8 Å². The second-order valence-electron chi connectivity index (χ2n) is 4.18. The lowest BCUT2D eigenvalue weighted by Crippen LogP contribution is -1.96. The highest BCUT2D eigenvalue weighted by Gasteiger charge is 2.02. The van der Waals surface area contributed by atoms with E-state index in [-0.39, 0.29) is 5.78 Å². The second-order valence-corrected chi connectivity index (χ2v) is 4.18. The van der Waals surface area contributed by atoms with Crippen molar-refractivity contribution in [1.82, 2.24) is 9.55 Å². The van der Waals surface area contributed by atoms with Crippen molar-refractivity contribution < 1.29 is 9.59 Å². The van der Waals surface area contributed by atoms with E-state index in [1.807, 2.05) is 23.7 Å². The molecular weight excluding hydrogens is 252 g/mol. The quantitative estimate of drug-likeness (QED) is 0.474. The maximum Gasteiger partial charge on any atom is 0.187 e. The molecule has 0 amide bonds. The molecule has 0 aliphatic heterocycles. The third-order valence-electron chi connectivity index (χ3n) is 2.90. The van der Waals surface area contributed by atoms with Gasteiger partial charge in [0.15, 0.2) is 5.78 Å². The Hall–Kier alpha value is -2.75. The fourth-order valence-corrected chi connectivity index (χ4v) is 1.78. The summed E-state index contributed by atoms with van der Waals surface area (Å²) >= 11 is 0. The molecule has 0 N–H and O–H groups in total. The molecule has 0 aromatic carbocycles. The SMILES string of the molecule is Cn1c(/C=C/C=O)ccc1/C=C/C(=O)c1cccnc1. The number of carbonyl (C=O) groups excluding carboxylic acids is 2. The van der Waals surface area contributed by atoms with Crippen molar-refractivity contribution in [3.05, 3.63) is 65.8 Å². The Bertz CT molecular complexity index is 667. The minimum atomic E-state index is -0.0933. The summed E-state index contributed by atoms with van der Waals surface area (Å²) in [7, 11) is 1.87. The van der Waals surface area contributed by atoms with Gasteiger partial charge in [-0.2, -0.15) is 0 Å². The third kappa shape index (κ3) is 3.17. The molecule has 0 saturated heterocycles. The maximum absolute atomic E-state index is 11.9. The first kappa shape index (κ1) is 13.7. The van der Waals surface area contributed by atoms with Crippen LogP contribution in [0.25, 0.3) is 12.2 Å². The Balaban J connectivity index is 2.16. The number of hydrogen-bond acceptors (Lipinski definition) is 3. The van der Waals surface area contributed by atoms with Crippen molar-refractivity contribution in [2.75, 3.05) is 0 Å². The van der Waals surface area contributed by atoms with Crippen molar-refractivity contribution in [3.8, 4) is 0 Å². The normalized spacial score (nSPS) is 11.2. The van der Waals surface area contributed by atoms with E-state index in [1.54, 1.807) is 30.5 Å². The molecule has 0 aliphatic carbocycles. The molecule has 2 rings (SSSR count). The van der Waals surface area contributed by atoms with E-state index >= 15 is 0 Å². The predicted octanol–water partition coefficient (Wildman–Crippen LogP) is 2.53. The highest BCUT2D eigenvalue weighted by molar-refractivity contribution is 6.06. The Labute approximate surface area is 117 Å². The number of carbonyl (C=O) groups is 2. The Kier molecular flexibility index (Phi) is 4.39. The highest BCUT2D eigenvalue weighted by Crippen LogP contribution is 2.11. The molecule has 0 atom stereocenters. The van der Waals surface area contributed by atoms with Gasteiger partial charge in [-0.25, -0.2) is 0 Å². The first-order valence-corrected chi connectivity index (χ1v) is 6.12. The molecule has 4 nitrogen and oxygen atoms in total. The number of aldehydes is 1. The van der Waals surface area contributed by atoms with E-state index in [4.69, 9.17) is 0 Å². The maximum atomic E-state index is 11.9. The van der Waals surface area contributed by atoms with Crippen molar-refractivity contribution in [2.45, 2.75) is 0 Å². The Morgan fingerprint density at radius 3 is 2.60 bits per heavy atom. The summed E-state index contributed by atoms with van der Waals surface area (Å²) < 4.78 is 1.90. The van der Waals surface area contributed by atoms with E-state index in [9.17, 15) is 9.59 Å². The summed E-state index contributed by atoms with van der Waals surface area (Å²) in [5, 5.41) is 0. The van der Waals surface area contributed by atoms with Gasteiger partial charge < -0.3 is 4.57 Å². The minimum Gasteiger partial charge on any atom is -0.345 e. The summed E-state index contributed by atoms with van der Waals surface area (Å²) in [6.45, 7) is 0. The molecule has 20 heavy (non-hydrogen) atoms. The van der Waals surface area contributed by atoms with Crippen LogP contribution in [0.5, 0.6) is 0 Å². The van der Waals surface area contributed by atoms with E-state index in [2.05, 4.69) is 4.98 Å². The van der Waals surface area contributed by atoms with E-state index in [0.717, 1.165) is 17.7 Å². The second kappa shape index (κ2) is 6.43. The van der Waals surface area contributed by atoms with Gasteiger partial charge in [-0.15, -0.1) is 0 Å². The lowest BCUT2D eigenvalue weighted by atomic mass is 10.2. The van der Waals surface area contributed by atoms with Crippen LogP contribution in [0.4, 0.5) is 0 Å². The van der Waals surface area contributed by atoms with Crippen molar-refractivity contribution in [1.29, 1.82) is 0 Å². The van der Waals surface area contributed by atoms with E-state index in [1.165, 1.54) is 18.3 Å². The third-order valence-corrected chi connectivity index (χ3v) is 2.90. The molecule has 0 saturated carbocycles. The van der Waals surface area contributed by atoms with Gasteiger partial charge >= 0.3 is 0 Å². The molecule has 0 aliphatic rings. The Morgan fingerprint density at radius 2 is 1.95 bits per heavy atom. The van der Waals surface area contributed by atoms with Gasteiger partial charge in [0.05, 0.1) is 0 Å². The van der Waals surface area contributed by atoms with Gasteiger partial charge in [0.25, 0.3) is 0 Å². The van der Waals surface area contributed by atoms with Crippen molar-refractivity contribution in [3.63, 3.8) is 0 Å². The summed E-state index contributed by atoms with van der Waals surface area (Å²) in [4.78, 5) is 26.1. The summed E-state index contributed by atoms with van der Waals surface area (Å²) in [6.07, 6.45) is 10.3. The molecule has 4 heteroatoms. The van der Waals surface area contributed by atoms with Crippen molar-refractivity contribution >= 4 is 24.2 Å². The summed E-state index contributed by atoms with van der Waals surface area (Å²) in [5.74, 6) is -0.0933. The van der Waals surface area contributed by atoms with Crippen LogP contribution >= 0.6 is 0 Å². The predicted molar refractivity (Wildman–Crippen MR) is 78.1 cm³/mol. The van der Waals surface area contributed by atoms with Crippen LogP contribution in [0.2, 0.25) is 0 Å². The first-order valence-electron chi connectivity index (χ1n) is 6.12. The fourth-order valence-electron chi connectivity index (χ4n) is 1.78. The van der Waals surface area contributed by atoms with Gasteiger partial charge in [0, 0.05) is 36.4 Å². The van der Waals surface area contributed by atoms with E-state index < -0.39 is 0 Å². The van der Waals surface area contributed by atoms with Crippen LogP contribution in [0, 0.1) is 0 Å². The number of hydrogen-bond donors (Lipinski definition) is 0. The summed E-state index contributed by atoms with van der Waals surface area (Å²) in [5.41, 5.74) is 2.33. The van der Waals surface area contributed by atoms with Gasteiger partial charge in [0.1, 0.15) is 6.29 Å². The molecule has 0 fully saturated rings. The average molecular weight is 266 g/mol. The molecule has 0 radical (unpaired) electrons. The zero-order valence-electron chi connectivity index (χ0n) is 11.1. The molecule has 0 unspecified atom stereocenters. The fraction of sp³-hybridized carbons (Fsp3) is 0.0625. The van der Waals surface area contributed by atoms with Crippen molar-refractivity contribution in [2.24, 2.45) is 7.05 Å². The smallest absolute Gasteiger partial charge is 0.187 e. The van der Waals surface area contributed by atoms with Gasteiger partial charge in [-0.1, -0.05) is 0 Å². The van der Waals surface area contributed by atoms with Gasteiger partial charge in [-0.05, 0) is 48.6 Å². The van der Waals surface area contributed by atoms with Gasteiger partial charge in [0.2, 0.25) is 0 Å². The zero-order valence-corrected chi connectivity index (χ0v) is 11.1. The first-order chi connectivity index (χ1) is 9.72. The number of aromatic nitrogens is 2. The lowest BCUT2D eigenvalue weighted by molar-refractivity contribution is -0.104. The standard InChI is InChI=1S/C16H14N2O2/c1-18-14(5-3-11-19)6-7-15(18)8-9-16(20)13-4-2-10-17-12-13/h2-12H,1H3/b5-3+,9-8+. The molecule has 2 aromatic heterocycles. The molecule has 2 aromatic rings.